The van der Waals surface area contributed by atoms with E-state index in [2.05, 4.69) is 14.9 Å². The largest absolute Gasteiger partial charge is 0.478 e. The number of rotatable bonds is 4. The molecule has 106 valence electrons. The van der Waals surface area contributed by atoms with Crippen LogP contribution in [0.2, 0.25) is 0 Å². The van der Waals surface area contributed by atoms with Crippen molar-refractivity contribution in [2.75, 3.05) is 4.72 Å². The van der Waals surface area contributed by atoms with Crippen LogP contribution in [0.4, 0.5) is 5.82 Å². The number of aryl methyl sites for hydroxylation is 1. The Hall–Kier alpha value is -2.35. The highest BCUT2D eigenvalue weighted by molar-refractivity contribution is 7.92. The third-order valence-corrected chi connectivity index (χ3v) is 4.21. The molecule has 1 heterocycles. The predicted octanol–water partition coefficient (Wildman–Crippen LogP) is 1.53. The van der Waals surface area contributed by atoms with Crippen LogP contribution in [0.25, 0.3) is 0 Å². The normalized spacial score (nSPS) is 11.3. The van der Waals surface area contributed by atoms with Crippen molar-refractivity contribution in [3.05, 3.63) is 41.1 Å². The predicted molar refractivity (Wildman–Crippen MR) is 72.3 cm³/mol. The van der Waals surface area contributed by atoms with E-state index in [4.69, 9.17) is 5.11 Å². The summed E-state index contributed by atoms with van der Waals surface area (Å²) in [6.07, 6.45) is 0. The molecule has 20 heavy (non-hydrogen) atoms. The molecule has 0 aliphatic rings. The minimum atomic E-state index is -3.87. The van der Waals surface area contributed by atoms with Gasteiger partial charge in [0.05, 0.1) is 10.5 Å². The van der Waals surface area contributed by atoms with Gasteiger partial charge in [-0.3, -0.25) is 9.82 Å². The molecule has 0 unspecified atom stereocenters. The average molecular weight is 295 g/mol. The quantitative estimate of drug-likeness (QED) is 0.791. The van der Waals surface area contributed by atoms with Gasteiger partial charge in [-0.15, -0.1) is 0 Å². The van der Waals surface area contributed by atoms with E-state index in [0.717, 1.165) is 11.8 Å². The number of H-pyrrole nitrogens is 1. The summed E-state index contributed by atoms with van der Waals surface area (Å²) in [4.78, 5) is 10.7. The zero-order valence-electron chi connectivity index (χ0n) is 10.8. The first-order valence-corrected chi connectivity index (χ1v) is 7.17. The summed E-state index contributed by atoms with van der Waals surface area (Å²) in [5.74, 6) is -0.989. The van der Waals surface area contributed by atoms with Crippen LogP contribution in [0.1, 0.15) is 21.6 Å². The van der Waals surface area contributed by atoms with E-state index in [1.165, 1.54) is 18.2 Å². The van der Waals surface area contributed by atoms with E-state index in [-0.39, 0.29) is 16.3 Å². The molecule has 0 aliphatic heterocycles. The van der Waals surface area contributed by atoms with Crippen LogP contribution in [0, 0.1) is 13.8 Å². The standard InChI is InChI=1S/C12H13N3O4S/c1-7-8(2)13-14-11(7)15-20(18,19)10-5-3-4-9(6-10)12(16)17/h3-6H,1-2H3,(H,16,17)(H2,13,14,15). The Morgan fingerprint density at radius 3 is 2.60 bits per heavy atom. The van der Waals surface area contributed by atoms with E-state index in [1.807, 2.05) is 0 Å². The molecule has 0 aliphatic carbocycles. The lowest BCUT2D eigenvalue weighted by Crippen LogP contribution is -2.14. The van der Waals surface area contributed by atoms with Crippen molar-refractivity contribution >= 4 is 21.8 Å². The maximum Gasteiger partial charge on any atom is 0.335 e. The van der Waals surface area contributed by atoms with Crippen LogP contribution in [-0.2, 0) is 10.0 Å². The van der Waals surface area contributed by atoms with Crippen molar-refractivity contribution in [2.45, 2.75) is 18.7 Å². The molecule has 0 saturated carbocycles. The molecule has 1 aromatic carbocycles. The number of aromatic nitrogens is 2. The highest BCUT2D eigenvalue weighted by Gasteiger charge is 2.19. The molecule has 0 fully saturated rings. The summed E-state index contributed by atoms with van der Waals surface area (Å²) in [5, 5.41) is 15.4. The van der Waals surface area contributed by atoms with E-state index in [1.54, 1.807) is 13.8 Å². The van der Waals surface area contributed by atoms with Crippen LogP contribution in [0.3, 0.4) is 0 Å². The molecule has 8 heteroatoms. The zero-order valence-corrected chi connectivity index (χ0v) is 11.7. The summed E-state index contributed by atoms with van der Waals surface area (Å²) < 4.78 is 26.7. The summed E-state index contributed by atoms with van der Waals surface area (Å²) >= 11 is 0. The number of hydrogen-bond acceptors (Lipinski definition) is 4. The van der Waals surface area contributed by atoms with Crippen molar-refractivity contribution in [3.63, 3.8) is 0 Å². The summed E-state index contributed by atoms with van der Waals surface area (Å²) in [6, 6.07) is 5.12. The van der Waals surface area contributed by atoms with Crippen LogP contribution >= 0.6 is 0 Å². The van der Waals surface area contributed by atoms with Gasteiger partial charge in [-0.1, -0.05) is 6.07 Å². The SMILES string of the molecule is Cc1[nH]nc(NS(=O)(=O)c2cccc(C(=O)O)c2)c1C. The maximum absolute atomic E-state index is 12.2. The first kappa shape index (κ1) is 14.1. The second-order valence-electron chi connectivity index (χ2n) is 4.26. The van der Waals surface area contributed by atoms with Crippen molar-refractivity contribution in [1.82, 2.24) is 10.2 Å². The van der Waals surface area contributed by atoms with Gasteiger partial charge >= 0.3 is 5.97 Å². The minimum absolute atomic E-state index is 0.0946. The van der Waals surface area contributed by atoms with Gasteiger partial charge in [0, 0.05) is 11.3 Å². The lowest BCUT2D eigenvalue weighted by molar-refractivity contribution is 0.0696. The molecule has 2 rings (SSSR count). The third kappa shape index (κ3) is 2.64. The number of nitrogens with zero attached hydrogens (tertiary/aromatic N) is 1. The molecule has 2 aromatic rings. The average Bonchev–Trinajstić information content (AvgIpc) is 2.70. The van der Waals surface area contributed by atoms with E-state index in [0.29, 0.717) is 5.56 Å². The van der Waals surface area contributed by atoms with Crippen LogP contribution in [0.15, 0.2) is 29.2 Å². The monoisotopic (exact) mass is 295 g/mol. The number of nitrogens with one attached hydrogen (secondary N) is 2. The number of sulfonamides is 1. The van der Waals surface area contributed by atoms with Crippen LogP contribution < -0.4 is 4.72 Å². The van der Waals surface area contributed by atoms with Gasteiger partial charge in [-0.2, -0.15) is 5.10 Å². The molecule has 0 bridgehead atoms. The first-order chi connectivity index (χ1) is 9.31. The molecular formula is C12H13N3O4S. The molecule has 7 nitrogen and oxygen atoms in total. The van der Waals surface area contributed by atoms with Crippen molar-refractivity contribution in [3.8, 4) is 0 Å². The molecule has 0 spiro atoms. The van der Waals surface area contributed by atoms with Gasteiger partial charge in [0.15, 0.2) is 5.82 Å². The van der Waals surface area contributed by atoms with Gasteiger partial charge in [0.1, 0.15) is 0 Å². The number of benzene rings is 1. The van der Waals surface area contributed by atoms with Gasteiger partial charge in [0.2, 0.25) is 0 Å². The van der Waals surface area contributed by atoms with Gasteiger partial charge in [0.25, 0.3) is 10.0 Å². The molecule has 1 aromatic heterocycles. The molecule has 0 radical (unpaired) electrons. The van der Waals surface area contributed by atoms with Crippen molar-refractivity contribution < 1.29 is 18.3 Å². The second kappa shape index (κ2) is 4.97. The molecule has 3 N–H and O–H groups in total. The van der Waals surface area contributed by atoms with Crippen molar-refractivity contribution in [2.24, 2.45) is 0 Å². The van der Waals surface area contributed by atoms with Crippen LogP contribution in [-0.4, -0.2) is 29.7 Å². The fraction of sp³-hybridized carbons (Fsp3) is 0.167. The Morgan fingerprint density at radius 1 is 1.35 bits per heavy atom. The van der Waals surface area contributed by atoms with Gasteiger partial charge in [-0.25, -0.2) is 13.2 Å². The fourth-order valence-corrected chi connectivity index (χ4v) is 2.68. The summed E-state index contributed by atoms with van der Waals surface area (Å²) in [7, 11) is -3.87. The number of anilines is 1. The highest BCUT2D eigenvalue weighted by Crippen LogP contribution is 2.19. The number of aromatic amines is 1. The second-order valence-corrected chi connectivity index (χ2v) is 5.94. The zero-order chi connectivity index (χ0) is 14.9. The van der Waals surface area contributed by atoms with Gasteiger partial charge in [-0.05, 0) is 32.0 Å². The lowest BCUT2D eigenvalue weighted by Gasteiger charge is -2.07. The molecular weight excluding hydrogens is 282 g/mol. The number of carboxylic acids is 1. The molecule has 0 atom stereocenters. The Labute approximate surface area is 115 Å². The smallest absolute Gasteiger partial charge is 0.335 e. The van der Waals surface area contributed by atoms with E-state index in [9.17, 15) is 13.2 Å². The lowest BCUT2D eigenvalue weighted by atomic mass is 10.2. The number of carbonyl (C=O) groups is 1. The molecule has 0 amide bonds. The summed E-state index contributed by atoms with van der Waals surface area (Å²) in [6.45, 7) is 3.50. The number of hydrogen-bond donors (Lipinski definition) is 3. The molecule has 0 saturated heterocycles. The number of aromatic carboxylic acids is 1. The Balaban J connectivity index is 2.38. The van der Waals surface area contributed by atoms with Crippen molar-refractivity contribution in [1.29, 1.82) is 0 Å². The van der Waals surface area contributed by atoms with E-state index < -0.39 is 16.0 Å². The Kier molecular flexibility index (Phi) is 3.49. The fourth-order valence-electron chi connectivity index (χ4n) is 1.57. The van der Waals surface area contributed by atoms with Crippen LogP contribution in [0.5, 0.6) is 0 Å². The Bertz CT molecular complexity index is 765. The topological polar surface area (TPSA) is 112 Å². The Morgan fingerprint density at radius 2 is 2.05 bits per heavy atom. The minimum Gasteiger partial charge on any atom is -0.478 e. The van der Waals surface area contributed by atoms with E-state index >= 15 is 0 Å². The third-order valence-electron chi connectivity index (χ3n) is 2.88. The first-order valence-electron chi connectivity index (χ1n) is 5.69. The number of carboxylic acid groups (broad SMARTS) is 1. The van der Waals surface area contributed by atoms with Gasteiger partial charge < -0.3 is 5.11 Å². The maximum atomic E-state index is 12.2. The summed E-state index contributed by atoms with van der Waals surface area (Å²) in [5.41, 5.74) is 1.34. The highest BCUT2D eigenvalue weighted by atomic mass is 32.2.